The van der Waals surface area contributed by atoms with Gasteiger partial charge in [0.25, 0.3) is 0 Å². The highest BCUT2D eigenvalue weighted by molar-refractivity contribution is 5.07. The maximum Gasteiger partial charge on any atom is 0.0312 e. The summed E-state index contributed by atoms with van der Waals surface area (Å²) >= 11 is 0. The van der Waals surface area contributed by atoms with Crippen molar-refractivity contribution in [3.63, 3.8) is 0 Å². The number of hydrogen-bond donors (Lipinski definition) is 1. The van der Waals surface area contributed by atoms with Crippen molar-refractivity contribution in [3.05, 3.63) is 30.1 Å². The Bertz CT molecular complexity index is 298. The number of pyridine rings is 1. The molecule has 0 bridgehead atoms. The van der Waals surface area contributed by atoms with E-state index >= 15 is 0 Å². The standard InChI is InChI=1S/C14H25N3/c1-12(2)14(9-15-3)11-17(4)10-13-6-5-7-16-8-13/h5-8,12,14-15H,9-11H2,1-4H3. The highest BCUT2D eigenvalue weighted by Crippen LogP contribution is 2.12. The molecule has 17 heavy (non-hydrogen) atoms. The molecule has 1 atom stereocenters. The van der Waals surface area contributed by atoms with E-state index in [1.165, 1.54) is 5.56 Å². The van der Waals surface area contributed by atoms with Crippen LogP contribution in [0.2, 0.25) is 0 Å². The van der Waals surface area contributed by atoms with E-state index in [9.17, 15) is 0 Å². The molecule has 96 valence electrons. The molecule has 1 aromatic heterocycles. The van der Waals surface area contributed by atoms with Gasteiger partial charge in [-0.15, -0.1) is 0 Å². The summed E-state index contributed by atoms with van der Waals surface area (Å²) in [5.41, 5.74) is 1.28. The van der Waals surface area contributed by atoms with Crippen LogP contribution in [-0.4, -0.2) is 37.1 Å². The molecule has 3 nitrogen and oxygen atoms in total. The predicted molar refractivity (Wildman–Crippen MR) is 72.8 cm³/mol. The summed E-state index contributed by atoms with van der Waals surface area (Å²) in [5.74, 6) is 1.40. The van der Waals surface area contributed by atoms with Gasteiger partial charge in [0.2, 0.25) is 0 Å². The van der Waals surface area contributed by atoms with Crippen molar-refractivity contribution in [1.29, 1.82) is 0 Å². The summed E-state index contributed by atoms with van der Waals surface area (Å²) in [5, 5.41) is 3.28. The van der Waals surface area contributed by atoms with Gasteiger partial charge in [0.1, 0.15) is 0 Å². The molecule has 0 saturated heterocycles. The van der Waals surface area contributed by atoms with Crippen LogP contribution in [0.15, 0.2) is 24.5 Å². The topological polar surface area (TPSA) is 28.2 Å². The monoisotopic (exact) mass is 235 g/mol. The van der Waals surface area contributed by atoms with Crippen LogP contribution in [0.4, 0.5) is 0 Å². The van der Waals surface area contributed by atoms with Gasteiger partial charge in [0.05, 0.1) is 0 Å². The Balaban J connectivity index is 2.44. The van der Waals surface area contributed by atoms with E-state index in [-0.39, 0.29) is 0 Å². The lowest BCUT2D eigenvalue weighted by Gasteiger charge is -2.26. The smallest absolute Gasteiger partial charge is 0.0312 e. The van der Waals surface area contributed by atoms with Crippen molar-refractivity contribution >= 4 is 0 Å². The molecule has 1 unspecified atom stereocenters. The first kappa shape index (κ1) is 14.1. The molecule has 0 saturated carbocycles. The van der Waals surface area contributed by atoms with Gasteiger partial charge in [-0.3, -0.25) is 4.98 Å². The zero-order chi connectivity index (χ0) is 12.7. The third-order valence-corrected chi connectivity index (χ3v) is 3.13. The van der Waals surface area contributed by atoms with Gasteiger partial charge in [0.15, 0.2) is 0 Å². The molecule has 0 aromatic carbocycles. The number of rotatable bonds is 7. The second-order valence-corrected chi connectivity index (χ2v) is 5.12. The zero-order valence-corrected chi connectivity index (χ0v) is 11.5. The molecule has 1 N–H and O–H groups in total. The molecule has 1 heterocycles. The Hall–Kier alpha value is -0.930. The van der Waals surface area contributed by atoms with Crippen LogP contribution in [0.3, 0.4) is 0 Å². The summed E-state index contributed by atoms with van der Waals surface area (Å²) in [6, 6.07) is 4.13. The highest BCUT2D eigenvalue weighted by atomic mass is 15.1. The average molecular weight is 235 g/mol. The molecule has 0 spiro atoms. The minimum Gasteiger partial charge on any atom is -0.319 e. The van der Waals surface area contributed by atoms with Crippen LogP contribution in [0, 0.1) is 11.8 Å². The van der Waals surface area contributed by atoms with Crippen molar-refractivity contribution in [1.82, 2.24) is 15.2 Å². The predicted octanol–water partition coefficient (Wildman–Crippen LogP) is 2.00. The highest BCUT2D eigenvalue weighted by Gasteiger charge is 2.14. The Morgan fingerprint density at radius 1 is 1.41 bits per heavy atom. The van der Waals surface area contributed by atoms with Gasteiger partial charge in [-0.1, -0.05) is 19.9 Å². The molecule has 1 aromatic rings. The maximum absolute atomic E-state index is 4.15. The fraction of sp³-hybridized carbons (Fsp3) is 0.643. The fourth-order valence-electron chi connectivity index (χ4n) is 2.04. The van der Waals surface area contributed by atoms with Crippen molar-refractivity contribution in [2.45, 2.75) is 20.4 Å². The SMILES string of the molecule is CNCC(CN(C)Cc1cccnc1)C(C)C. The van der Waals surface area contributed by atoms with E-state index in [2.05, 4.69) is 42.2 Å². The molecule has 0 aliphatic carbocycles. The Labute approximate surface area is 105 Å². The molecule has 0 fully saturated rings. The van der Waals surface area contributed by atoms with Gasteiger partial charge in [-0.2, -0.15) is 0 Å². The van der Waals surface area contributed by atoms with Crippen molar-refractivity contribution in [2.24, 2.45) is 11.8 Å². The summed E-state index contributed by atoms with van der Waals surface area (Å²) in [6.45, 7) is 7.75. The summed E-state index contributed by atoms with van der Waals surface area (Å²) < 4.78 is 0. The van der Waals surface area contributed by atoms with E-state index in [0.717, 1.165) is 19.6 Å². The van der Waals surface area contributed by atoms with E-state index in [0.29, 0.717) is 11.8 Å². The first-order chi connectivity index (χ1) is 8.13. The average Bonchev–Trinajstić information content (AvgIpc) is 2.29. The van der Waals surface area contributed by atoms with Gasteiger partial charge in [-0.05, 0) is 44.1 Å². The minimum atomic E-state index is 0.696. The third kappa shape index (κ3) is 5.29. The summed E-state index contributed by atoms with van der Waals surface area (Å²) in [6.07, 6.45) is 3.76. The van der Waals surface area contributed by atoms with Crippen molar-refractivity contribution < 1.29 is 0 Å². The molecule has 0 radical (unpaired) electrons. The Kier molecular flexibility index (Phi) is 6.16. The molecular formula is C14H25N3. The molecule has 3 heteroatoms. The first-order valence-electron chi connectivity index (χ1n) is 6.35. The zero-order valence-electron chi connectivity index (χ0n) is 11.5. The second-order valence-electron chi connectivity index (χ2n) is 5.12. The first-order valence-corrected chi connectivity index (χ1v) is 6.35. The van der Waals surface area contributed by atoms with Crippen LogP contribution in [-0.2, 0) is 6.54 Å². The van der Waals surface area contributed by atoms with E-state index in [1.807, 2.05) is 25.5 Å². The summed E-state index contributed by atoms with van der Waals surface area (Å²) in [7, 11) is 4.20. The fourth-order valence-corrected chi connectivity index (χ4v) is 2.04. The van der Waals surface area contributed by atoms with Gasteiger partial charge < -0.3 is 10.2 Å². The molecule has 0 aliphatic heterocycles. The largest absolute Gasteiger partial charge is 0.319 e. The number of aromatic nitrogens is 1. The van der Waals surface area contributed by atoms with Gasteiger partial charge in [-0.25, -0.2) is 0 Å². The van der Waals surface area contributed by atoms with E-state index < -0.39 is 0 Å². The van der Waals surface area contributed by atoms with Crippen LogP contribution in [0.1, 0.15) is 19.4 Å². The lowest BCUT2D eigenvalue weighted by molar-refractivity contribution is 0.227. The van der Waals surface area contributed by atoms with E-state index in [1.54, 1.807) is 0 Å². The Morgan fingerprint density at radius 2 is 2.18 bits per heavy atom. The number of nitrogens with one attached hydrogen (secondary N) is 1. The lowest BCUT2D eigenvalue weighted by Crippen LogP contribution is -2.34. The van der Waals surface area contributed by atoms with E-state index in [4.69, 9.17) is 0 Å². The number of nitrogens with zero attached hydrogens (tertiary/aromatic N) is 2. The molecular weight excluding hydrogens is 210 g/mol. The van der Waals surface area contributed by atoms with Crippen LogP contribution in [0.5, 0.6) is 0 Å². The Morgan fingerprint density at radius 3 is 2.71 bits per heavy atom. The number of hydrogen-bond acceptors (Lipinski definition) is 3. The van der Waals surface area contributed by atoms with Gasteiger partial charge >= 0.3 is 0 Å². The van der Waals surface area contributed by atoms with Crippen molar-refractivity contribution in [3.8, 4) is 0 Å². The van der Waals surface area contributed by atoms with Crippen molar-refractivity contribution in [2.75, 3.05) is 27.2 Å². The molecule has 1 rings (SSSR count). The quantitative estimate of drug-likeness (QED) is 0.783. The van der Waals surface area contributed by atoms with Gasteiger partial charge in [0, 0.05) is 25.5 Å². The van der Waals surface area contributed by atoms with Crippen LogP contribution < -0.4 is 5.32 Å². The normalized spacial score (nSPS) is 13.3. The lowest BCUT2D eigenvalue weighted by atomic mass is 9.95. The third-order valence-electron chi connectivity index (χ3n) is 3.13. The van der Waals surface area contributed by atoms with Crippen LogP contribution >= 0.6 is 0 Å². The molecule has 0 aliphatic rings. The maximum atomic E-state index is 4.15. The minimum absolute atomic E-state index is 0.696. The van der Waals surface area contributed by atoms with Crippen LogP contribution in [0.25, 0.3) is 0 Å². The second kappa shape index (κ2) is 7.41. The summed E-state index contributed by atoms with van der Waals surface area (Å²) in [4.78, 5) is 6.52. The molecule has 0 amide bonds.